The van der Waals surface area contributed by atoms with E-state index in [1.807, 2.05) is 6.92 Å². The average molecular weight is 277 g/mol. The van der Waals surface area contributed by atoms with Crippen LogP contribution < -0.4 is 5.09 Å². The number of alkyl halides is 1. The molecule has 0 radical (unpaired) electrons. The van der Waals surface area contributed by atoms with Gasteiger partial charge in [-0.15, -0.1) is 0 Å². The molecule has 0 aromatic heterocycles. The van der Waals surface area contributed by atoms with Crippen LogP contribution in [0.25, 0.3) is 0 Å². The molecule has 0 aliphatic rings. The van der Waals surface area contributed by atoms with Crippen molar-refractivity contribution in [3.05, 3.63) is 0 Å². The van der Waals surface area contributed by atoms with Gasteiger partial charge in [0.1, 0.15) is 0 Å². The summed E-state index contributed by atoms with van der Waals surface area (Å²) in [5.41, 5.74) is 0. The molecule has 3 nitrogen and oxygen atoms in total. The standard InChI is InChI=1S/C5H13INO2P/c1-3-7-10(2,8)9-5-4-6/h3-5H2,1-2H3,(H,7,8). The third-order valence-electron chi connectivity index (χ3n) is 0.860. The lowest BCUT2D eigenvalue weighted by atomic mass is 10.8. The molecule has 0 aromatic rings. The van der Waals surface area contributed by atoms with Gasteiger partial charge in [-0.2, -0.15) is 0 Å². The molecule has 0 rings (SSSR count). The summed E-state index contributed by atoms with van der Waals surface area (Å²) in [6.07, 6.45) is 0. The molecule has 1 unspecified atom stereocenters. The maximum atomic E-state index is 11.2. The molecular weight excluding hydrogens is 264 g/mol. The van der Waals surface area contributed by atoms with Crippen LogP contribution in [0.3, 0.4) is 0 Å². The second-order valence-corrected chi connectivity index (χ2v) is 5.22. The van der Waals surface area contributed by atoms with Crippen LogP contribution in [0.2, 0.25) is 0 Å². The topological polar surface area (TPSA) is 38.3 Å². The number of halogens is 1. The Balaban J connectivity index is 3.53. The second kappa shape index (κ2) is 5.52. The highest BCUT2D eigenvalue weighted by Crippen LogP contribution is 2.36. The van der Waals surface area contributed by atoms with E-state index in [0.717, 1.165) is 4.43 Å². The first-order valence-corrected chi connectivity index (χ1v) is 6.75. The molecule has 0 heterocycles. The fourth-order valence-corrected chi connectivity index (χ4v) is 2.22. The lowest BCUT2D eigenvalue weighted by Gasteiger charge is -2.12. The number of nitrogens with one attached hydrogen (secondary N) is 1. The van der Waals surface area contributed by atoms with Gasteiger partial charge >= 0.3 is 0 Å². The van der Waals surface area contributed by atoms with Crippen LogP contribution in [-0.2, 0) is 9.09 Å². The lowest BCUT2D eigenvalue weighted by molar-refractivity contribution is 0.335. The van der Waals surface area contributed by atoms with Gasteiger partial charge in [-0.05, 0) is 0 Å². The van der Waals surface area contributed by atoms with Gasteiger partial charge in [0.2, 0.25) is 0 Å². The van der Waals surface area contributed by atoms with Crippen molar-refractivity contribution in [1.29, 1.82) is 0 Å². The van der Waals surface area contributed by atoms with Crippen molar-refractivity contribution >= 4 is 30.1 Å². The molecule has 5 heteroatoms. The third kappa shape index (κ3) is 5.65. The molecule has 0 saturated carbocycles. The van der Waals surface area contributed by atoms with Gasteiger partial charge in [0.05, 0.1) is 6.61 Å². The summed E-state index contributed by atoms with van der Waals surface area (Å²) >= 11 is 2.18. The molecule has 0 aliphatic carbocycles. The molecule has 62 valence electrons. The Morgan fingerprint density at radius 3 is 2.70 bits per heavy atom. The molecule has 0 bridgehead atoms. The van der Waals surface area contributed by atoms with Crippen LogP contribution in [-0.4, -0.2) is 24.2 Å². The molecule has 0 spiro atoms. The summed E-state index contributed by atoms with van der Waals surface area (Å²) in [5, 5.41) is 2.79. The van der Waals surface area contributed by atoms with Gasteiger partial charge in [0.15, 0.2) is 0 Å². The maximum absolute atomic E-state index is 11.2. The van der Waals surface area contributed by atoms with E-state index in [2.05, 4.69) is 27.7 Å². The first-order chi connectivity index (χ1) is 4.62. The maximum Gasteiger partial charge on any atom is 0.266 e. The largest absolute Gasteiger partial charge is 0.317 e. The zero-order chi connectivity index (χ0) is 8.04. The van der Waals surface area contributed by atoms with Crippen molar-refractivity contribution in [1.82, 2.24) is 5.09 Å². The molecule has 0 saturated heterocycles. The van der Waals surface area contributed by atoms with Gasteiger partial charge in [0, 0.05) is 17.6 Å². The molecule has 0 amide bonds. The average Bonchev–Trinajstić information content (AvgIpc) is 1.84. The van der Waals surface area contributed by atoms with Crippen LogP contribution >= 0.6 is 30.1 Å². The SMILES string of the molecule is CCNP(C)(=O)OCCI. The van der Waals surface area contributed by atoms with Gasteiger partial charge in [0.25, 0.3) is 7.52 Å². The summed E-state index contributed by atoms with van der Waals surface area (Å²) in [4.78, 5) is 0. The van der Waals surface area contributed by atoms with E-state index in [1.165, 1.54) is 0 Å². The Hall–Kier alpha value is 0.880. The van der Waals surface area contributed by atoms with E-state index >= 15 is 0 Å². The normalized spacial score (nSPS) is 16.7. The minimum Gasteiger partial charge on any atom is -0.317 e. The van der Waals surface area contributed by atoms with Gasteiger partial charge in [-0.25, -0.2) is 5.09 Å². The summed E-state index contributed by atoms with van der Waals surface area (Å²) in [5.74, 6) is 0. The van der Waals surface area contributed by atoms with Crippen molar-refractivity contribution in [3.63, 3.8) is 0 Å². The Labute approximate surface area is 75.6 Å². The highest BCUT2D eigenvalue weighted by atomic mass is 127. The summed E-state index contributed by atoms with van der Waals surface area (Å²) in [7, 11) is -2.46. The van der Waals surface area contributed by atoms with Crippen molar-refractivity contribution in [2.24, 2.45) is 0 Å². The van der Waals surface area contributed by atoms with Gasteiger partial charge < -0.3 is 4.52 Å². The van der Waals surface area contributed by atoms with E-state index in [4.69, 9.17) is 4.52 Å². The van der Waals surface area contributed by atoms with Crippen LogP contribution in [0.15, 0.2) is 0 Å². The van der Waals surface area contributed by atoms with E-state index in [0.29, 0.717) is 13.2 Å². The predicted molar refractivity (Wildman–Crippen MR) is 52.0 cm³/mol. The number of hydrogen-bond acceptors (Lipinski definition) is 2. The summed E-state index contributed by atoms with van der Waals surface area (Å²) in [6.45, 7) is 4.75. The quantitative estimate of drug-likeness (QED) is 0.473. The van der Waals surface area contributed by atoms with Crippen LogP contribution in [0.4, 0.5) is 0 Å². The number of hydrogen-bond donors (Lipinski definition) is 1. The molecule has 0 fully saturated rings. The van der Waals surface area contributed by atoms with Gasteiger partial charge in [-0.1, -0.05) is 29.5 Å². The molecule has 1 atom stereocenters. The van der Waals surface area contributed by atoms with Crippen molar-refractivity contribution in [2.45, 2.75) is 6.92 Å². The fraction of sp³-hybridized carbons (Fsp3) is 1.00. The van der Waals surface area contributed by atoms with Crippen molar-refractivity contribution < 1.29 is 9.09 Å². The molecule has 0 aromatic carbocycles. The highest BCUT2D eigenvalue weighted by Gasteiger charge is 2.11. The Morgan fingerprint density at radius 1 is 1.70 bits per heavy atom. The molecule has 0 aliphatic heterocycles. The minimum atomic E-state index is -2.46. The molecule has 1 N–H and O–H groups in total. The fourth-order valence-electron chi connectivity index (χ4n) is 0.542. The zero-order valence-electron chi connectivity index (χ0n) is 6.26. The highest BCUT2D eigenvalue weighted by molar-refractivity contribution is 14.1. The number of rotatable bonds is 5. The van der Waals surface area contributed by atoms with Gasteiger partial charge in [-0.3, -0.25) is 4.57 Å². The summed E-state index contributed by atoms with van der Waals surface area (Å²) < 4.78 is 17.2. The van der Waals surface area contributed by atoms with E-state index in [9.17, 15) is 4.57 Å². The Bertz CT molecular complexity index is 131. The van der Waals surface area contributed by atoms with Crippen LogP contribution in [0, 0.1) is 0 Å². The first kappa shape index (κ1) is 10.9. The first-order valence-electron chi connectivity index (χ1n) is 3.15. The molecule has 10 heavy (non-hydrogen) atoms. The smallest absolute Gasteiger partial charge is 0.266 e. The van der Waals surface area contributed by atoms with E-state index < -0.39 is 7.52 Å². The van der Waals surface area contributed by atoms with Crippen LogP contribution in [0.5, 0.6) is 0 Å². The van der Waals surface area contributed by atoms with Crippen LogP contribution in [0.1, 0.15) is 6.92 Å². The Morgan fingerprint density at radius 2 is 2.30 bits per heavy atom. The van der Waals surface area contributed by atoms with E-state index in [-0.39, 0.29) is 0 Å². The Kier molecular flexibility index (Phi) is 6.01. The minimum absolute atomic E-state index is 0.557. The molecular formula is C5H13INO2P. The lowest BCUT2D eigenvalue weighted by Crippen LogP contribution is -2.11. The van der Waals surface area contributed by atoms with Crippen molar-refractivity contribution in [3.8, 4) is 0 Å². The predicted octanol–water partition coefficient (Wildman–Crippen LogP) is 1.87. The summed E-state index contributed by atoms with van der Waals surface area (Å²) in [6, 6.07) is 0. The second-order valence-electron chi connectivity index (χ2n) is 1.88. The van der Waals surface area contributed by atoms with Crippen molar-refractivity contribution in [2.75, 3.05) is 24.2 Å². The monoisotopic (exact) mass is 277 g/mol. The zero-order valence-corrected chi connectivity index (χ0v) is 9.31. The van der Waals surface area contributed by atoms with E-state index in [1.54, 1.807) is 6.66 Å². The third-order valence-corrected chi connectivity index (χ3v) is 2.87.